The molecule has 1 heterocycles. The van der Waals surface area contributed by atoms with Crippen LogP contribution in [0.1, 0.15) is 51.6 Å². The van der Waals surface area contributed by atoms with Gasteiger partial charge in [-0.3, -0.25) is 14.4 Å². The van der Waals surface area contributed by atoms with Gasteiger partial charge in [0.05, 0.1) is 6.54 Å². The quantitative estimate of drug-likeness (QED) is 0.795. The number of aryl methyl sites for hydroxylation is 1. The Balaban J connectivity index is 1.98. The molecule has 0 saturated heterocycles. The number of amides is 1. The maximum atomic E-state index is 13.5. The lowest BCUT2D eigenvalue weighted by atomic mass is 10.0. The number of pyridine rings is 1. The maximum Gasteiger partial charge on any atom is 0.263 e. The number of carbonyl (C=O) groups is 2. The second-order valence-electron chi connectivity index (χ2n) is 7.34. The van der Waals surface area contributed by atoms with Crippen LogP contribution < -0.4 is 10.9 Å². The summed E-state index contributed by atoms with van der Waals surface area (Å²) >= 11 is 0. The molecule has 0 unspecified atom stereocenters. The summed E-state index contributed by atoms with van der Waals surface area (Å²) in [6, 6.07) is 5.97. The molecule has 0 aliphatic heterocycles. The minimum absolute atomic E-state index is 0.0639. The van der Waals surface area contributed by atoms with E-state index in [0.717, 1.165) is 12.0 Å². The molecule has 27 heavy (non-hydrogen) atoms. The van der Waals surface area contributed by atoms with Crippen molar-refractivity contribution in [3.8, 4) is 0 Å². The third-order valence-electron chi connectivity index (χ3n) is 5.18. The number of Topliss-reactive ketones (excluding diaryl/α,β-unsaturated/α-hetero) is 1. The molecule has 0 spiro atoms. The van der Waals surface area contributed by atoms with Crippen LogP contribution in [-0.4, -0.2) is 23.3 Å². The van der Waals surface area contributed by atoms with E-state index < -0.39 is 11.5 Å². The first-order valence-corrected chi connectivity index (χ1v) is 9.05. The van der Waals surface area contributed by atoms with Crippen LogP contribution in [-0.2, 0) is 6.54 Å². The molecule has 1 N–H and O–H groups in total. The SMILES string of the molecule is CNC(=O)c1cc(C(=O)C[C@@H]2C[C@H]2C)cn(Cc2ccc(F)c(C)c2)c1=O. The number of hydrogen-bond donors (Lipinski definition) is 1. The van der Waals surface area contributed by atoms with Crippen molar-refractivity contribution < 1.29 is 14.0 Å². The van der Waals surface area contributed by atoms with Crippen LogP contribution in [0, 0.1) is 24.6 Å². The largest absolute Gasteiger partial charge is 0.355 e. The van der Waals surface area contributed by atoms with Gasteiger partial charge in [0.2, 0.25) is 0 Å². The molecule has 1 amide bonds. The van der Waals surface area contributed by atoms with Gasteiger partial charge in [0.25, 0.3) is 11.5 Å². The monoisotopic (exact) mass is 370 g/mol. The molecule has 0 bridgehead atoms. The zero-order valence-electron chi connectivity index (χ0n) is 15.7. The number of nitrogens with one attached hydrogen (secondary N) is 1. The van der Waals surface area contributed by atoms with Gasteiger partial charge in [0.1, 0.15) is 11.4 Å². The van der Waals surface area contributed by atoms with Gasteiger partial charge in [0, 0.05) is 25.2 Å². The highest BCUT2D eigenvalue weighted by atomic mass is 19.1. The average Bonchev–Trinajstić information content (AvgIpc) is 3.33. The standard InChI is InChI=1S/C21H23FN2O3/c1-12-7-15(12)9-19(25)16-8-17(20(26)23-3)21(27)24(11-16)10-14-4-5-18(22)13(2)6-14/h4-6,8,11-12,15H,7,9-10H2,1-3H3,(H,23,26)/t12-,15+/m1/s1. The molecule has 1 aromatic heterocycles. The van der Waals surface area contributed by atoms with Crippen LogP contribution in [0.25, 0.3) is 0 Å². The third kappa shape index (κ3) is 4.15. The van der Waals surface area contributed by atoms with Crippen molar-refractivity contribution in [1.29, 1.82) is 0 Å². The van der Waals surface area contributed by atoms with Crippen molar-refractivity contribution in [2.75, 3.05) is 7.05 Å². The Morgan fingerprint density at radius 2 is 2.00 bits per heavy atom. The fourth-order valence-corrected chi connectivity index (χ4v) is 3.24. The molecule has 2 atom stereocenters. The fraction of sp³-hybridized carbons (Fsp3) is 0.381. The van der Waals surface area contributed by atoms with Crippen molar-refractivity contribution in [1.82, 2.24) is 9.88 Å². The van der Waals surface area contributed by atoms with Crippen LogP contribution in [0.5, 0.6) is 0 Å². The van der Waals surface area contributed by atoms with Gasteiger partial charge < -0.3 is 9.88 Å². The highest BCUT2D eigenvalue weighted by molar-refractivity contribution is 6.00. The molecule has 0 radical (unpaired) electrons. The van der Waals surface area contributed by atoms with E-state index in [1.807, 2.05) is 0 Å². The number of ketones is 1. The maximum absolute atomic E-state index is 13.5. The summed E-state index contributed by atoms with van der Waals surface area (Å²) in [6.07, 6.45) is 2.95. The molecule has 6 heteroatoms. The number of aromatic nitrogens is 1. The zero-order chi connectivity index (χ0) is 19.7. The number of carbonyl (C=O) groups excluding carboxylic acids is 2. The Morgan fingerprint density at radius 1 is 1.30 bits per heavy atom. The Bertz CT molecular complexity index is 964. The normalized spacial score (nSPS) is 18.2. The van der Waals surface area contributed by atoms with E-state index in [4.69, 9.17) is 0 Å². The van der Waals surface area contributed by atoms with E-state index in [0.29, 0.717) is 29.4 Å². The molecular weight excluding hydrogens is 347 g/mol. The van der Waals surface area contributed by atoms with Crippen molar-refractivity contribution in [3.05, 3.63) is 68.9 Å². The Hall–Kier alpha value is -2.76. The Kier molecular flexibility index (Phi) is 5.26. The Labute approximate surface area is 157 Å². The molecule has 1 saturated carbocycles. The summed E-state index contributed by atoms with van der Waals surface area (Å²) in [5.74, 6) is -0.00169. The second-order valence-corrected chi connectivity index (χ2v) is 7.34. The van der Waals surface area contributed by atoms with Crippen molar-refractivity contribution in [2.24, 2.45) is 11.8 Å². The molecule has 5 nitrogen and oxygen atoms in total. The molecular formula is C21H23FN2O3. The average molecular weight is 370 g/mol. The predicted octanol–water partition coefficient (Wildman–Crippen LogP) is 2.93. The van der Waals surface area contributed by atoms with E-state index in [1.165, 1.54) is 29.9 Å². The van der Waals surface area contributed by atoms with Gasteiger partial charge in [0.15, 0.2) is 5.78 Å². The van der Waals surface area contributed by atoms with Gasteiger partial charge in [-0.25, -0.2) is 4.39 Å². The lowest BCUT2D eigenvalue weighted by molar-refractivity contribution is 0.0961. The summed E-state index contributed by atoms with van der Waals surface area (Å²) in [6.45, 7) is 3.91. The molecule has 1 aliphatic carbocycles. The van der Waals surface area contributed by atoms with E-state index >= 15 is 0 Å². The lowest BCUT2D eigenvalue weighted by Crippen LogP contribution is -2.32. The summed E-state index contributed by atoms with van der Waals surface area (Å²) in [4.78, 5) is 37.4. The van der Waals surface area contributed by atoms with Crippen LogP contribution in [0.4, 0.5) is 4.39 Å². The van der Waals surface area contributed by atoms with E-state index in [9.17, 15) is 18.8 Å². The van der Waals surface area contributed by atoms with Gasteiger partial charge in [-0.2, -0.15) is 0 Å². The lowest BCUT2D eigenvalue weighted by Gasteiger charge is -2.12. The van der Waals surface area contributed by atoms with Gasteiger partial charge >= 0.3 is 0 Å². The van der Waals surface area contributed by atoms with Crippen LogP contribution in [0.3, 0.4) is 0 Å². The zero-order valence-corrected chi connectivity index (χ0v) is 15.7. The molecule has 2 aromatic rings. The first kappa shape index (κ1) is 19.0. The molecule has 1 fully saturated rings. The molecule has 1 aromatic carbocycles. The first-order chi connectivity index (χ1) is 12.8. The molecule has 1 aliphatic rings. The summed E-state index contributed by atoms with van der Waals surface area (Å²) in [5.41, 5.74) is 1.01. The topological polar surface area (TPSA) is 68.2 Å². The number of rotatable bonds is 6. The smallest absolute Gasteiger partial charge is 0.263 e. The second kappa shape index (κ2) is 7.47. The van der Waals surface area contributed by atoms with Crippen molar-refractivity contribution in [2.45, 2.75) is 33.2 Å². The van der Waals surface area contributed by atoms with Gasteiger partial charge in [-0.05, 0) is 48.4 Å². The van der Waals surface area contributed by atoms with Gasteiger partial charge in [-0.1, -0.05) is 19.1 Å². The van der Waals surface area contributed by atoms with Gasteiger partial charge in [-0.15, -0.1) is 0 Å². The number of benzene rings is 1. The highest BCUT2D eigenvalue weighted by Crippen LogP contribution is 2.41. The first-order valence-electron chi connectivity index (χ1n) is 9.05. The summed E-state index contributed by atoms with van der Waals surface area (Å²) in [5, 5.41) is 2.44. The van der Waals surface area contributed by atoms with E-state index in [-0.39, 0.29) is 23.7 Å². The van der Waals surface area contributed by atoms with E-state index in [1.54, 1.807) is 19.1 Å². The van der Waals surface area contributed by atoms with Crippen LogP contribution in [0.2, 0.25) is 0 Å². The number of nitrogens with zero attached hydrogens (tertiary/aromatic N) is 1. The molecule has 142 valence electrons. The summed E-state index contributed by atoms with van der Waals surface area (Å²) in [7, 11) is 1.44. The van der Waals surface area contributed by atoms with Crippen molar-refractivity contribution in [3.63, 3.8) is 0 Å². The van der Waals surface area contributed by atoms with E-state index in [2.05, 4.69) is 12.2 Å². The van der Waals surface area contributed by atoms with Crippen molar-refractivity contribution >= 4 is 11.7 Å². The fourth-order valence-electron chi connectivity index (χ4n) is 3.24. The Morgan fingerprint density at radius 3 is 2.59 bits per heavy atom. The predicted molar refractivity (Wildman–Crippen MR) is 101 cm³/mol. The molecule has 3 rings (SSSR count). The minimum atomic E-state index is -0.529. The highest BCUT2D eigenvalue weighted by Gasteiger charge is 2.34. The number of halogens is 1. The van der Waals surface area contributed by atoms with Crippen LogP contribution in [0.15, 0.2) is 35.3 Å². The summed E-state index contributed by atoms with van der Waals surface area (Å²) < 4.78 is 14.8. The van der Waals surface area contributed by atoms with Crippen LogP contribution >= 0.6 is 0 Å². The minimum Gasteiger partial charge on any atom is -0.355 e. The number of hydrogen-bond acceptors (Lipinski definition) is 3. The third-order valence-corrected chi connectivity index (χ3v) is 5.18.